The van der Waals surface area contributed by atoms with E-state index in [1.54, 1.807) is 11.6 Å². The third-order valence-corrected chi connectivity index (χ3v) is 11.6. The number of piperidine rings is 2. The Morgan fingerprint density at radius 3 is 2.14 bits per heavy atom. The predicted molar refractivity (Wildman–Crippen MR) is 247 cm³/mol. The second-order valence-electron chi connectivity index (χ2n) is 17.3. The summed E-state index contributed by atoms with van der Waals surface area (Å²) in [6.07, 6.45) is 7.86. The van der Waals surface area contributed by atoms with Gasteiger partial charge in [0, 0.05) is 49.4 Å². The van der Waals surface area contributed by atoms with Crippen molar-refractivity contribution in [3.63, 3.8) is 0 Å². The number of anilines is 3. The number of carbonyl (C=O) groups excluding carboxylic acids is 1. The molecule has 4 aromatic heterocycles. The van der Waals surface area contributed by atoms with Crippen molar-refractivity contribution in [2.45, 2.75) is 117 Å². The summed E-state index contributed by atoms with van der Waals surface area (Å²) in [4.78, 5) is 33.1. The third kappa shape index (κ3) is 11.2. The number of benzene rings is 2. The SMILES string of the molecule is CC(=O)Nc1ccccc1C(C)Nc1nc(O[C@@H]2CCCNC2)nc2c(C(C)C)cnn12.COc1cccc([C@H](C)Nc2nc(CN3CCC(N)CC3)nc3c(C(C)C)cnn23)c1. The summed E-state index contributed by atoms with van der Waals surface area (Å²) in [5.74, 6) is 3.38. The van der Waals surface area contributed by atoms with Gasteiger partial charge in [0.15, 0.2) is 11.3 Å². The van der Waals surface area contributed by atoms with Crippen LogP contribution in [-0.4, -0.2) is 95.4 Å². The van der Waals surface area contributed by atoms with Crippen molar-refractivity contribution in [2.75, 3.05) is 49.2 Å². The highest BCUT2D eigenvalue weighted by Crippen LogP contribution is 2.29. The van der Waals surface area contributed by atoms with Crippen molar-refractivity contribution in [3.8, 4) is 11.8 Å². The highest BCUT2D eigenvalue weighted by atomic mass is 16.5. The number of amides is 1. The molecule has 0 radical (unpaired) electrons. The lowest BCUT2D eigenvalue weighted by atomic mass is 10.1. The van der Waals surface area contributed by atoms with E-state index in [9.17, 15) is 4.79 Å². The number of rotatable bonds is 14. The summed E-state index contributed by atoms with van der Waals surface area (Å²) in [6, 6.07) is 16.3. The van der Waals surface area contributed by atoms with Crippen molar-refractivity contribution < 1.29 is 14.3 Å². The van der Waals surface area contributed by atoms with Crippen LogP contribution in [0.15, 0.2) is 60.9 Å². The fraction of sp³-hybridized carbons (Fsp3) is 0.500. The number of ether oxygens (including phenoxy) is 2. The van der Waals surface area contributed by atoms with Crippen LogP contribution >= 0.6 is 0 Å². The van der Waals surface area contributed by atoms with E-state index in [2.05, 4.69) is 82.0 Å². The normalized spacial score (nSPS) is 17.0. The minimum absolute atomic E-state index is 0.0285. The Hall–Kier alpha value is -5.91. The summed E-state index contributed by atoms with van der Waals surface area (Å²) < 4.78 is 15.1. The van der Waals surface area contributed by atoms with Gasteiger partial charge in [-0.05, 0) is 87.2 Å². The molecule has 2 aliphatic rings. The number of likely N-dealkylation sites (tertiary alicyclic amines) is 1. The Balaban J connectivity index is 0.000000189. The smallest absolute Gasteiger partial charge is 0.322 e. The molecule has 6 aromatic rings. The summed E-state index contributed by atoms with van der Waals surface area (Å²) >= 11 is 0. The first-order valence-corrected chi connectivity index (χ1v) is 22.3. The van der Waals surface area contributed by atoms with Crippen LogP contribution in [0, 0.1) is 0 Å². The minimum atomic E-state index is -0.146. The summed E-state index contributed by atoms with van der Waals surface area (Å²) in [5.41, 5.74) is 12.7. The lowest BCUT2D eigenvalue weighted by Gasteiger charge is -2.29. The van der Waals surface area contributed by atoms with Gasteiger partial charge < -0.3 is 36.5 Å². The van der Waals surface area contributed by atoms with Crippen LogP contribution in [0.25, 0.3) is 11.3 Å². The van der Waals surface area contributed by atoms with Crippen LogP contribution < -0.4 is 36.5 Å². The van der Waals surface area contributed by atoms with Crippen LogP contribution in [0.4, 0.5) is 17.6 Å². The molecule has 1 unspecified atom stereocenters. The van der Waals surface area contributed by atoms with Crippen LogP contribution in [-0.2, 0) is 11.3 Å². The Morgan fingerprint density at radius 2 is 1.49 bits per heavy atom. The number of methoxy groups -OCH3 is 1. The molecule has 63 heavy (non-hydrogen) atoms. The lowest BCUT2D eigenvalue weighted by molar-refractivity contribution is -0.114. The van der Waals surface area contributed by atoms with E-state index in [1.807, 2.05) is 66.3 Å². The van der Waals surface area contributed by atoms with Gasteiger partial charge >= 0.3 is 6.01 Å². The maximum absolute atomic E-state index is 11.6. The van der Waals surface area contributed by atoms with Crippen molar-refractivity contribution in [1.29, 1.82) is 0 Å². The summed E-state index contributed by atoms with van der Waals surface area (Å²) in [7, 11) is 1.68. The van der Waals surface area contributed by atoms with Gasteiger partial charge in [0.1, 0.15) is 17.7 Å². The molecule has 0 saturated carbocycles. The zero-order chi connectivity index (χ0) is 44.6. The van der Waals surface area contributed by atoms with E-state index < -0.39 is 0 Å². The molecular weight excluding hydrogens is 797 g/mol. The Bertz CT molecular complexity index is 2450. The molecule has 0 bridgehead atoms. The zero-order valence-corrected chi connectivity index (χ0v) is 37.9. The first-order valence-electron chi connectivity index (χ1n) is 22.3. The largest absolute Gasteiger partial charge is 0.497 e. The first kappa shape index (κ1) is 45.1. The number of nitrogens with one attached hydrogen (secondary N) is 4. The van der Waals surface area contributed by atoms with Crippen LogP contribution in [0.2, 0.25) is 0 Å². The van der Waals surface area contributed by atoms with Crippen molar-refractivity contribution >= 4 is 34.8 Å². The number of hydrogen-bond donors (Lipinski definition) is 5. The summed E-state index contributed by atoms with van der Waals surface area (Å²) in [5, 5.41) is 22.4. The maximum atomic E-state index is 11.6. The monoisotopic (exact) mass is 861 g/mol. The van der Waals surface area contributed by atoms with Gasteiger partial charge in [-0.2, -0.15) is 34.2 Å². The minimum Gasteiger partial charge on any atom is -0.497 e. The second kappa shape index (κ2) is 20.5. The van der Waals surface area contributed by atoms with Crippen molar-refractivity contribution in [1.82, 2.24) is 49.4 Å². The maximum Gasteiger partial charge on any atom is 0.322 e. The standard InChI is InChI=1S/C23H31N7O2.C23H33N7O/c1-14(2)19-13-25-30-21(19)28-23(32-17-8-7-11-24-12-17)29-22(30)26-15(3)18-9-5-6-10-20(18)27-16(4)31;1-15(2)20-13-25-30-22(20)27-21(14-29-10-8-18(24)9-11-29)28-23(30)26-16(3)17-6-5-7-19(12-17)31-4/h5-6,9-10,13-15,17,24H,7-8,11-12H2,1-4H3,(H,27,31)(H,26,28,29);5-7,12-13,15-16,18H,8-11,14,24H2,1-4H3,(H,26,27,28)/t15?,17-;16-/m10/s1. The number of nitrogens with zero attached hydrogens (tertiary/aromatic N) is 9. The molecule has 1 amide bonds. The Morgan fingerprint density at radius 1 is 0.825 bits per heavy atom. The molecule has 0 aliphatic carbocycles. The van der Waals surface area contributed by atoms with E-state index in [-0.39, 0.29) is 30.0 Å². The summed E-state index contributed by atoms with van der Waals surface area (Å²) in [6.45, 7) is 18.7. The molecule has 2 aliphatic heterocycles. The van der Waals surface area contributed by atoms with Crippen molar-refractivity contribution in [3.05, 3.63) is 89.0 Å². The number of carbonyl (C=O) groups is 1. The Kier molecular flexibility index (Phi) is 14.7. The Labute approximate surface area is 370 Å². The molecule has 2 fully saturated rings. The topological polar surface area (TPSA) is 199 Å². The van der Waals surface area contributed by atoms with Gasteiger partial charge in [-0.15, -0.1) is 0 Å². The van der Waals surface area contributed by atoms with Gasteiger partial charge in [-0.1, -0.05) is 58.0 Å². The van der Waals surface area contributed by atoms with E-state index in [0.29, 0.717) is 36.4 Å². The molecule has 6 heterocycles. The first-order chi connectivity index (χ1) is 30.4. The van der Waals surface area contributed by atoms with E-state index in [4.69, 9.17) is 30.2 Å². The number of hydrogen-bond acceptors (Lipinski definition) is 14. The zero-order valence-electron chi connectivity index (χ0n) is 37.9. The number of para-hydroxylation sites is 1. The van der Waals surface area contributed by atoms with Crippen LogP contribution in [0.3, 0.4) is 0 Å². The fourth-order valence-electron chi connectivity index (χ4n) is 7.96. The third-order valence-electron chi connectivity index (χ3n) is 11.6. The van der Waals surface area contributed by atoms with Gasteiger partial charge in [0.25, 0.3) is 0 Å². The van der Waals surface area contributed by atoms with Gasteiger partial charge in [0.2, 0.25) is 17.8 Å². The number of aromatic nitrogens is 8. The molecular formula is C46H64N14O3. The van der Waals surface area contributed by atoms with Crippen LogP contribution in [0.5, 0.6) is 11.8 Å². The molecule has 2 aromatic carbocycles. The molecule has 3 atom stereocenters. The van der Waals surface area contributed by atoms with Crippen LogP contribution in [0.1, 0.15) is 126 Å². The molecule has 2 saturated heterocycles. The predicted octanol–water partition coefficient (Wildman–Crippen LogP) is 6.86. The van der Waals surface area contributed by atoms with E-state index >= 15 is 0 Å². The fourth-order valence-corrected chi connectivity index (χ4v) is 7.96. The van der Waals surface area contributed by atoms with E-state index in [0.717, 1.165) is 103 Å². The van der Waals surface area contributed by atoms with Gasteiger partial charge in [-0.3, -0.25) is 9.69 Å². The number of nitrogens with two attached hydrogens (primary N) is 1. The average Bonchev–Trinajstić information content (AvgIpc) is 3.91. The van der Waals surface area contributed by atoms with E-state index in [1.165, 1.54) is 6.92 Å². The highest BCUT2D eigenvalue weighted by molar-refractivity contribution is 5.89. The molecule has 6 N–H and O–H groups in total. The molecule has 17 heteroatoms. The molecule has 336 valence electrons. The highest BCUT2D eigenvalue weighted by Gasteiger charge is 2.23. The molecule has 17 nitrogen and oxygen atoms in total. The number of fused-ring (bicyclic) bond motifs is 2. The van der Waals surface area contributed by atoms with Gasteiger partial charge in [0.05, 0.1) is 38.1 Å². The second-order valence-corrected chi connectivity index (χ2v) is 17.3. The quantitative estimate of drug-likeness (QED) is 0.0761. The van der Waals surface area contributed by atoms with Gasteiger partial charge in [-0.25, -0.2) is 4.98 Å². The molecule has 8 rings (SSSR count). The average molecular weight is 861 g/mol. The van der Waals surface area contributed by atoms with Crippen molar-refractivity contribution in [2.24, 2.45) is 5.73 Å². The lowest BCUT2D eigenvalue weighted by Crippen LogP contribution is -2.39. The molecule has 0 spiro atoms.